The number of nitrogens with zero attached hydrogens (tertiary/aromatic N) is 3. The largest absolute Gasteiger partial charge is 0.367 e. The van der Waals surface area contributed by atoms with Crippen molar-refractivity contribution in [1.29, 1.82) is 0 Å². The summed E-state index contributed by atoms with van der Waals surface area (Å²) >= 11 is 4.80. The maximum Gasteiger partial charge on any atom is 0.243 e. The standard InChI is InChI=1S/C24H26F2N4O2S/c25-16-4-5-20(19(26)12-16)29-10-8-28(9-11-29)13-15-2-1-3-17-18(15)14-30(24(17)33)21-6-7-22(31)27-23(21)32/h1-5,12,21,24,33H,6-11,13-14H2,(H,27,31,32). The minimum Gasteiger partial charge on any atom is -0.367 e. The lowest BCUT2D eigenvalue weighted by molar-refractivity contribution is -0.137. The Balaban J connectivity index is 1.26. The van der Waals surface area contributed by atoms with E-state index in [1.54, 1.807) is 0 Å². The van der Waals surface area contributed by atoms with Gasteiger partial charge in [-0.2, -0.15) is 12.6 Å². The van der Waals surface area contributed by atoms with Crippen LogP contribution >= 0.6 is 12.6 Å². The highest BCUT2D eigenvalue weighted by Gasteiger charge is 2.39. The van der Waals surface area contributed by atoms with E-state index in [9.17, 15) is 18.4 Å². The molecule has 2 unspecified atom stereocenters. The SMILES string of the molecule is O=C1CCC(N2Cc3c(CN4CCN(c5ccc(F)cc5F)CC4)cccc3C2S)C(=O)N1. The highest BCUT2D eigenvalue weighted by Crippen LogP contribution is 2.40. The summed E-state index contributed by atoms with van der Waals surface area (Å²) in [6.45, 7) is 4.23. The van der Waals surface area contributed by atoms with Crippen molar-refractivity contribution < 1.29 is 18.4 Å². The second kappa shape index (κ2) is 9.04. The Hall–Kier alpha value is -2.49. The first-order valence-electron chi connectivity index (χ1n) is 11.2. The average molecular weight is 473 g/mol. The normalized spacial score (nSPS) is 24.2. The summed E-state index contributed by atoms with van der Waals surface area (Å²) in [4.78, 5) is 30.3. The van der Waals surface area contributed by atoms with Gasteiger partial charge in [0.25, 0.3) is 0 Å². The number of carbonyl (C=O) groups is 2. The van der Waals surface area contributed by atoms with Crippen molar-refractivity contribution in [2.24, 2.45) is 0 Å². The van der Waals surface area contributed by atoms with Crippen LogP contribution < -0.4 is 10.2 Å². The predicted molar refractivity (Wildman–Crippen MR) is 124 cm³/mol. The summed E-state index contributed by atoms with van der Waals surface area (Å²) in [6.07, 6.45) is 0.850. The summed E-state index contributed by atoms with van der Waals surface area (Å²) in [5.41, 5.74) is 3.93. The molecule has 0 saturated carbocycles. The first-order valence-corrected chi connectivity index (χ1v) is 11.7. The van der Waals surface area contributed by atoms with Crippen LogP contribution in [-0.2, 0) is 22.7 Å². The number of piperidine rings is 1. The van der Waals surface area contributed by atoms with Crippen LogP contribution in [0.2, 0.25) is 0 Å². The van der Waals surface area contributed by atoms with Crippen LogP contribution in [0.5, 0.6) is 0 Å². The van der Waals surface area contributed by atoms with Crippen molar-refractivity contribution in [3.05, 3.63) is 64.7 Å². The van der Waals surface area contributed by atoms with E-state index in [2.05, 4.69) is 27.2 Å². The molecule has 0 aliphatic carbocycles. The number of hydrogen-bond acceptors (Lipinski definition) is 6. The number of carbonyl (C=O) groups excluding carboxylic acids is 2. The van der Waals surface area contributed by atoms with Gasteiger partial charge in [0.05, 0.1) is 17.1 Å². The Kier molecular flexibility index (Phi) is 6.11. The van der Waals surface area contributed by atoms with Gasteiger partial charge in [-0.1, -0.05) is 18.2 Å². The summed E-state index contributed by atoms with van der Waals surface area (Å²) in [5, 5.41) is 2.25. The molecule has 3 aliphatic rings. The first kappa shape index (κ1) is 22.3. The second-order valence-corrected chi connectivity index (χ2v) is 9.35. The minimum atomic E-state index is -0.568. The van der Waals surface area contributed by atoms with E-state index in [1.807, 2.05) is 11.0 Å². The van der Waals surface area contributed by atoms with Gasteiger partial charge >= 0.3 is 0 Å². The number of nitrogens with one attached hydrogen (secondary N) is 1. The van der Waals surface area contributed by atoms with Crippen LogP contribution in [0.15, 0.2) is 36.4 Å². The summed E-state index contributed by atoms with van der Waals surface area (Å²) in [6, 6.07) is 9.55. The number of piperazine rings is 1. The molecule has 0 spiro atoms. The van der Waals surface area contributed by atoms with Gasteiger partial charge in [-0.15, -0.1) is 0 Å². The Morgan fingerprint density at radius 1 is 1.06 bits per heavy atom. The van der Waals surface area contributed by atoms with E-state index >= 15 is 0 Å². The molecule has 9 heteroatoms. The van der Waals surface area contributed by atoms with Gasteiger partial charge in [0.1, 0.15) is 11.6 Å². The number of anilines is 1. The smallest absolute Gasteiger partial charge is 0.243 e. The summed E-state index contributed by atoms with van der Waals surface area (Å²) < 4.78 is 27.4. The van der Waals surface area contributed by atoms with Gasteiger partial charge in [0.2, 0.25) is 11.8 Å². The third-order valence-electron chi connectivity index (χ3n) is 6.87. The lowest BCUT2D eigenvalue weighted by atomic mass is 10.0. The Labute approximate surface area is 196 Å². The third-order valence-corrected chi connectivity index (χ3v) is 7.44. The second-order valence-electron chi connectivity index (χ2n) is 8.86. The van der Waals surface area contributed by atoms with Crippen LogP contribution in [-0.4, -0.2) is 53.8 Å². The number of hydrogen-bond donors (Lipinski definition) is 2. The number of imide groups is 1. The molecular weight excluding hydrogens is 446 g/mol. The van der Waals surface area contributed by atoms with Crippen molar-refractivity contribution >= 4 is 30.1 Å². The minimum absolute atomic E-state index is 0.192. The van der Waals surface area contributed by atoms with Gasteiger partial charge in [0, 0.05) is 51.8 Å². The van der Waals surface area contributed by atoms with E-state index in [0.29, 0.717) is 38.2 Å². The molecule has 5 rings (SSSR count). The van der Waals surface area contributed by atoms with Crippen LogP contribution in [0.3, 0.4) is 0 Å². The van der Waals surface area contributed by atoms with Gasteiger partial charge in [-0.25, -0.2) is 8.78 Å². The molecule has 2 aromatic carbocycles. The molecule has 6 nitrogen and oxygen atoms in total. The summed E-state index contributed by atoms with van der Waals surface area (Å²) in [5.74, 6) is -1.56. The molecule has 174 valence electrons. The van der Waals surface area contributed by atoms with E-state index in [4.69, 9.17) is 12.6 Å². The van der Waals surface area contributed by atoms with E-state index in [1.165, 1.54) is 23.3 Å². The Morgan fingerprint density at radius 2 is 1.85 bits per heavy atom. The summed E-state index contributed by atoms with van der Waals surface area (Å²) in [7, 11) is 0. The zero-order chi connectivity index (χ0) is 23.1. The molecule has 3 heterocycles. The van der Waals surface area contributed by atoms with Gasteiger partial charge in [0.15, 0.2) is 0 Å². The Bertz CT molecular complexity index is 1090. The van der Waals surface area contributed by atoms with Crippen LogP contribution in [0.25, 0.3) is 0 Å². The van der Waals surface area contributed by atoms with Crippen molar-refractivity contribution in [2.45, 2.75) is 37.3 Å². The fourth-order valence-electron chi connectivity index (χ4n) is 5.09. The van der Waals surface area contributed by atoms with Crippen LogP contribution in [0.1, 0.15) is 34.9 Å². The fraction of sp³-hybridized carbons (Fsp3) is 0.417. The first-order chi connectivity index (χ1) is 15.9. The lowest BCUT2D eigenvalue weighted by Crippen LogP contribution is -2.51. The lowest BCUT2D eigenvalue weighted by Gasteiger charge is -2.36. The zero-order valence-electron chi connectivity index (χ0n) is 18.1. The van der Waals surface area contributed by atoms with Crippen molar-refractivity contribution in [2.75, 3.05) is 31.1 Å². The van der Waals surface area contributed by atoms with Crippen molar-refractivity contribution in [1.82, 2.24) is 15.1 Å². The zero-order valence-corrected chi connectivity index (χ0v) is 19.0. The highest BCUT2D eigenvalue weighted by atomic mass is 32.1. The number of thiol groups is 1. The molecule has 33 heavy (non-hydrogen) atoms. The average Bonchev–Trinajstić information content (AvgIpc) is 3.12. The van der Waals surface area contributed by atoms with E-state index in [0.717, 1.165) is 31.3 Å². The highest BCUT2D eigenvalue weighted by molar-refractivity contribution is 7.80. The number of amides is 2. The van der Waals surface area contributed by atoms with Crippen LogP contribution in [0, 0.1) is 11.6 Å². The van der Waals surface area contributed by atoms with Gasteiger partial charge < -0.3 is 4.90 Å². The van der Waals surface area contributed by atoms with Crippen molar-refractivity contribution in [3.63, 3.8) is 0 Å². The molecule has 2 amide bonds. The van der Waals surface area contributed by atoms with Gasteiger partial charge in [-0.3, -0.25) is 24.7 Å². The monoisotopic (exact) mass is 472 g/mol. The molecule has 2 atom stereocenters. The molecule has 2 saturated heterocycles. The Morgan fingerprint density at radius 3 is 2.58 bits per heavy atom. The number of benzene rings is 2. The molecule has 1 N–H and O–H groups in total. The molecule has 0 bridgehead atoms. The third kappa shape index (κ3) is 4.37. The van der Waals surface area contributed by atoms with Gasteiger partial charge in [-0.05, 0) is 35.2 Å². The van der Waals surface area contributed by atoms with Crippen LogP contribution in [0.4, 0.5) is 14.5 Å². The number of fused-ring (bicyclic) bond motifs is 1. The maximum atomic E-state index is 14.2. The quantitative estimate of drug-likeness (QED) is 0.530. The fourth-order valence-corrected chi connectivity index (χ4v) is 5.57. The predicted octanol–water partition coefficient (Wildman–Crippen LogP) is 2.84. The molecule has 0 aromatic heterocycles. The number of halogens is 2. The van der Waals surface area contributed by atoms with Crippen molar-refractivity contribution in [3.8, 4) is 0 Å². The maximum absolute atomic E-state index is 14.2. The molecule has 3 aliphatic heterocycles. The molecule has 0 radical (unpaired) electrons. The molecule has 2 fully saturated rings. The number of rotatable bonds is 4. The molecular formula is C24H26F2N4O2S. The van der Waals surface area contributed by atoms with E-state index < -0.39 is 11.6 Å². The van der Waals surface area contributed by atoms with E-state index in [-0.39, 0.29) is 23.2 Å². The topological polar surface area (TPSA) is 55.9 Å². The molecule has 2 aromatic rings.